The zero-order valence-electron chi connectivity index (χ0n) is 13.7. The summed E-state index contributed by atoms with van der Waals surface area (Å²) in [4.78, 5) is 13.6. The molecule has 1 aliphatic heterocycles. The predicted molar refractivity (Wildman–Crippen MR) is 94.4 cm³/mol. The van der Waals surface area contributed by atoms with Crippen molar-refractivity contribution in [1.82, 2.24) is 10.2 Å². The van der Waals surface area contributed by atoms with Crippen molar-refractivity contribution in [2.75, 3.05) is 11.9 Å². The molecule has 0 fully saturated rings. The smallest absolute Gasteiger partial charge is 0.247 e. The van der Waals surface area contributed by atoms with Crippen molar-refractivity contribution in [1.29, 1.82) is 0 Å². The number of amides is 1. The minimum atomic E-state index is -0.162. The Balaban J connectivity index is 1.45. The van der Waals surface area contributed by atoms with E-state index < -0.39 is 0 Å². The Hall–Kier alpha value is -2.51. The van der Waals surface area contributed by atoms with Gasteiger partial charge in [0.1, 0.15) is 6.10 Å². The molecule has 7 heteroatoms. The maximum absolute atomic E-state index is 12.4. The lowest BCUT2D eigenvalue weighted by atomic mass is 10.1. The number of aromatic nitrogens is 2. The van der Waals surface area contributed by atoms with Crippen LogP contribution in [-0.4, -0.2) is 22.7 Å². The molecular formula is C18H17N3O3S. The summed E-state index contributed by atoms with van der Waals surface area (Å²) in [5, 5.41) is 12.8. The number of hydrogen-bond acceptors (Lipinski definition) is 6. The molecule has 0 spiro atoms. The van der Waals surface area contributed by atoms with Gasteiger partial charge < -0.3 is 14.5 Å². The highest BCUT2D eigenvalue weighted by molar-refractivity contribution is 7.10. The normalized spacial score (nSPS) is 16.4. The fourth-order valence-electron chi connectivity index (χ4n) is 2.90. The van der Waals surface area contributed by atoms with Crippen molar-refractivity contribution in [2.24, 2.45) is 0 Å². The molecule has 128 valence electrons. The third-order valence-electron chi connectivity index (χ3n) is 4.05. The van der Waals surface area contributed by atoms with Crippen molar-refractivity contribution in [3.8, 4) is 11.5 Å². The third kappa shape index (κ3) is 3.47. The van der Waals surface area contributed by atoms with E-state index in [0.29, 0.717) is 30.5 Å². The molecule has 1 N–H and O–H groups in total. The summed E-state index contributed by atoms with van der Waals surface area (Å²) in [5.74, 6) is 0.864. The lowest BCUT2D eigenvalue weighted by Crippen LogP contribution is -2.21. The van der Waals surface area contributed by atoms with Gasteiger partial charge in [-0.2, -0.15) is 0 Å². The first-order chi connectivity index (χ1) is 12.2. The zero-order valence-corrected chi connectivity index (χ0v) is 14.5. The maximum atomic E-state index is 12.4. The number of nitrogens with one attached hydrogen (secondary N) is 1. The Morgan fingerprint density at radius 2 is 2.28 bits per heavy atom. The van der Waals surface area contributed by atoms with Crippen molar-refractivity contribution >= 4 is 22.9 Å². The number of anilines is 1. The second-order valence-electron chi connectivity index (χ2n) is 5.88. The third-order valence-corrected chi connectivity index (χ3v) is 5.10. The van der Waals surface area contributed by atoms with Gasteiger partial charge in [-0.25, -0.2) is 0 Å². The van der Waals surface area contributed by atoms with Crippen LogP contribution >= 0.6 is 11.3 Å². The number of aryl methyl sites for hydroxylation is 1. The molecule has 0 saturated heterocycles. The Bertz CT molecular complexity index is 902. The van der Waals surface area contributed by atoms with Gasteiger partial charge in [0, 0.05) is 23.1 Å². The standard InChI is InChI=1S/C18H17N3O3S/c1-11-20-21-18(24-11)13-3-2-4-14(9-13)19-16(22)10-15-17-12(5-7-23-15)6-8-25-17/h2-4,6,8-9,15H,5,7,10H2,1H3,(H,19,22). The van der Waals surface area contributed by atoms with Crippen molar-refractivity contribution < 1.29 is 13.9 Å². The van der Waals surface area contributed by atoms with Gasteiger partial charge in [-0.1, -0.05) is 6.07 Å². The number of hydrogen-bond donors (Lipinski definition) is 1. The van der Waals surface area contributed by atoms with E-state index in [4.69, 9.17) is 9.15 Å². The molecule has 0 bridgehead atoms. The van der Waals surface area contributed by atoms with E-state index in [1.54, 1.807) is 18.3 Å². The topological polar surface area (TPSA) is 77.2 Å². The molecule has 4 rings (SSSR count). The summed E-state index contributed by atoms with van der Waals surface area (Å²) >= 11 is 1.65. The molecule has 25 heavy (non-hydrogen) atoms. The summed E-state index contributed by atoms with van der Waals surface area (Å²) in [6.07, 6.45) is 1.06. The molecule has 1 unspecified atom stereocenters. The molecule has 1 amide bonds. The van der Waals surface area contributed by atoms with Gasteiger partial charge in [0.05, 0.1) is 13.0 Å². The van der Waals surface area contributed by atoms with E-state index in [9.17, 15) is 4.79 Å². The van der Waals surface area contributed by atoms with Crippen LogP contribution < -0.4 is 5.32 Å². The Morgan fingerprint density at radius 3 is 3.12 bits per heavy atom. The van der Waals surface area contributed by atoms with Crippen LogP contribution in [0.4, 0.5) is 5.69 Å². The lowest BCUT2D eigenvalue weighted by molar-refractivity contribution is -0.119. The van der Waals surface area contributed by atoms with Gasteiger partial charge in [0.15, 0.2) is 0 Å². The van der Waals surface area contributed by atoms with Crippen LogP contribution in [0.2, 0.25) is 0 Å². The first-order valence-corrected chi connectivity index (χ1v) is 8.95. The SMILES string of the molecule is Cc1nnc(-c2cccc(NC(=O)CC3OCCc4ccsc43)c2)o1. The first kappa shape index (κ1) is 16.0. The average molecular weight is 355 g/mol. The quantitative estimate of drug-likeness (QED) is 0.771. The van der Waals surface area contributed by atoms with Gasteiger partial charge in [0.25, 0.3) is 0 Å². The van der Waals surface area contributed by atoms with Crippen molar-refractivity contribution in [3.05, 3.63) is 52.0 Å². The van der Waals surface area contributed by atoms with Crippen LogP contribution in [0.3, 0.4) is 0 Å². The first-order valence-electron chi connectivity index (χ1n) is 8.07. The number of carbonyl (C=O) groups excluding carboxylic acids is 1. The summed E-state index contributed by atoms with van der Waals surface area (Å²) in [6.45, 7) is 2.40. The highest BCUT2D eigenvalue weighted by Gasteiger charge is 2.24. The van der Waals surface area contributed by atoms with Crippen LogP contribution in [0.5, 0.6) is 0 Å². The van der Waals surface area contributed by atoms with Crippen LogP contribution in [0.15, 0.2) is 40.1 Å². The summed E-state index contributed by atoms with van der Waals surface area (Å²) < 4.78 is 11.2. The monoisotopic (exact) mass is 355 g/mol. The second-order valence-corrected chi connectivity index (χ2v) is 6.83. The minimum Gasteiger partial charge on any atom is -0.421 e. The second kappa shape index (κ2) is 6.78. The Morgan fingerprint density at radius 1 is 1.36 bits per heavy atom. The largest absolute Gasteiger partial charge is 0.421 e. The number of rotatable bonds is 4. The molecule has 6 nitrogen and oxygen atoms in total. The van der Waals surface area contributed by atoms with E-state index >= 15 is 0 Å². The van der Waals surface area contributed by atoms with Crippen molar-refractivity contribution in [2.45, 2.75) is 25.9 Å². The van der Waals surface area contributed by atoms with Gasteiger partial charge in [0.2, 0.25) is 17.7 Å². The number of nitrogens with zero attached hydrogens (tertiary/aromatic N) is 2. The molecular weight excluding hydrogens is 338 g/mol. The van der Waals surface area contributed by atoms with Gasteiger partial charge >= 0.3 is 0 Å². The van der Waals surface area contributed by atoms with E-state index in [0.717, 1.165) is 16.9 Å². The fraction of sp³-hybridized carbons (Fsp3) is 0.278. The number of fused-ring (bicyclic) bond motifs is 1. The van der Waals surface area contributed by atoms with Gasteiger partial charge in [-0.15, -0.1) is 21.5 Å². The number of benzene rings is 1. The van der Waals surface area contributed by atoms with E-state index in [1.807, 2.05) is 24.3 Å². The number of ether oxygens (including phenoxy) is 1. The van der Waals surface area contributed by atoms with E-state index in [-0.39, 0.29) is 12.0 Å². The molecule has 1 aliphatic rings. The van der Waals surface area contributed by atoms with Gasteiger partial charge in [-0.05, 0) is 41.6 Å². The highest BCUT2D eigenvalue weighted by Crippen LogP contribution is 2.34. The molecule has 1 atom stereocenters. The van der Waals surface area contributed by atoms with Crippen molar-refractivity contribution in [3.63, 3.8) is 0 Å². The maximum Gasteiger partial charge on any atom is 0.247 e. The summed E-state index contributed by atoms with van der Waals surface area (Å²) in [7, 11) is 0. The fourth-order valence-corrected chi connectivity index (χ4v) is 3.90. The van der Waals surface area contributed by atoms with Gasteiger partial charge in [-0.3, -0.25) is 4.79 Å². The molecule has 0 radical (unpaired) electrons. The van der Waals surface area contributed by atoms with Crippen LogP contribution in [0.25, 0.3) is 11.5 Å². The molecule has 3 aromatic rings. The molecule has 2 aromatic heterocycles. The highest BCUT2D eigenvalue weighted by atomic mass is 32.1. The van der Waals surface area contributed by atoms with E-state index in [2.05, 4.69) is 27.0 Å². The number of carbonyl (C=O) groups is 1. The van der Waals surface area contributed by atoms with Crippen LogP contribution in [-0.2, 0) is 16.0 Å². The lowest BCUT2D eigenvalue weighted by Gasteiger charge is -2.22. The zero-order chi connectivity index (χ0) is 17.2. The molecule has 3 heterocycles. The minimum absolute atomic E-state index is 0.0786. The van der Waals surface area contributed by atoms with Crippen LogP contribution in [0.1, 0.15) is 28.9 Å². The summed E-state index contributed by atoms with van der Waals surface area (Å²) in [6, 6.07) is 9.49. The molecule has 0 saturated carbocycles. The Labute approximate surface area is 148 Å². The molecule has 0 aliphatic carbocycles. The number of thiophene rings is 1. The Kier molecular flexibility index (Phi) is 4.33. The predicted octanol–water partition coefficient (Wildman–Crippen LogP) is 3.75. The molecule has 1 aromatic carbocycles. The van der Waals surface area contributed by atoms with E-state index in [1.165, 1.54) is 5.56 Å². The average Bonchev–Trinajstić information content (AvgIpc) is 3.24. The van der Waals surface area contributed by atoms with Crippen LogP contribution in [0, 0.1) is 6.92 Å². The summed E-state index contributed by atoms with van der Waals surface area (Å²) in [5.41, 5.74) is 2.76.